The number of sulfonamides is 1. The third-order valence-electron chi connectivity index (χ3n) is 3.03. The molecule has 0 aromatic heterocycles. The summed E-state index contributed by atoms with van der Waals surface area (Å²) in [4.78, 5) is 0.0478. The van der Waals surface area contributed by atoms with Crippen LogP contribution in [0.25, 0.3) is 0 Å². The number of ether oxygens (including phenoxy) is 1. The van der Waals surface area contributed by atoms with Crippen LogP contribution in [0.1, 0.15) is 20.3 Å². The number of aliphatic hydroxyl groups excluding tert-OH is 1. The van der Waals surface area contributed by atoms with Crippen molar-refractivity contribution >= 4 is 15.7 Å². The van der Waals surface area contributed by atoms with Crippen molar-refractivity contribution in [1.29, 1.82) is 0 Å². The molecule has 7 heteroatoms. The second kappa shape index (κ2) is 5.77. The number of benzene rings is 1. The molecule has 0 heterocycles. The molecule has 0 saturated heterocycles. The largest absolute Gasteiger partial charge is 0.495 e. The van der Waals surface area contributed by atoms with Crippen LogP contribution in [0.2, 0.25) is 0 Å². The Balaban J connectivity index is 3.14. The molecule has 0 amide bonds. The van der Waals surface area contributed by atoms with Gasteiger partial charge >= 0.3 is 0 Å². The Morgan fingerprint density at radius 3 is 2.58 bits per heavy atom. The van der Waals surface area contributed by atoms with Crippen LogP contribution < -0.4 is 15.2 Å². The Labute approximate surface area is 113 Å². The third kappa shape index (κ3) is 3.59. The lowest BCUT2D eigenvalue weighted by atomic mass is 10.0. The van der Waals surface area contributed by atoms with Gasteiger partial charge in [0.1, 0.15) is 5.75 Å². The highest BCUT2D eigenvalue weighted by Gasteiger charge is 2.28. The first-order valence-corrected chi connectivity index (χ1v) is 7.34. The van der Waals surface area contributed by atoms with Crippen molar-refractivity contribution in [1.82, 2.24) is 4.72 Å². The number of aliphatic hydroxyl groups is 1. The highest BCUT2D eigenvalue weighted by Crippen LogP contribution is 2.25. The number of anilines is 1. The fourth-order valence-corrected chi connectivity index (χ4v) is 2.94. The third-order valence-corrected chi connectivity index (χ3v) is 4.66. The number of hydrogen-bond acceptors (Lipinski definition) is 5. The maximum absolute atomic E-state index is 12.2. The molecule has 0 aliphatic heterocycles. The average Bonchev–Trinajstić information content (AvgIpc) is 2.38. The minimum Gasteiger partial charge on any atom is -0.495 e. The lowest BCUT2D eigenvalue weighted by Gasteiger charge is -2.26. The van der Waals surface area contributed by atoms with Crippen LogP contribution in [0, 0.1) is 0 Å². The van der Waals surface area contributed by atoms with E-state index in [9.17, 15) is 13.5 Å². The van der Waals surface area contributed by atoms with E-state index in [-0.39, 0.29) is 11.5 Å². The Bertz CT molecular complexity index is 539. The smallest absolute Gasteiger partial charge is 0.241 e. The number of nitrogens with two attached hydrogens (primary N) is 1. The van der Waals surface area contributed by atoms with Crippen LogP contribution in [0.5, 0.6) is 5.75 Å². The van der Waals surface area contributed by atoms with E-state index in [1.807, 2.05) is 0 Å². The predicted molar refractivity (Wildman–Crippen MR) is 73.5 cm³/mol. The summed E-state index contributed by atoms with van der Waals surface area (Å²) in [6, 6.07) is 4.22. The molecule has 0 aliphatic carbocycles. The molecule has 0 radical (unpaired) electrons. The second-order valence-corrected chi connectivity index (χ2v) is 6.26. The van der Waals surface area contributed by atoms with Gasteiger partial charge in [0.05, 0.1) is 29.8 Å². The van der Waals surface area contributed by atoms with Crippen molar-refractivity contribution in [2.45, 2.75) is 30.7 Å². The van der Waals surface area contributed by atoms with Gasteiger partial charge in [0.25, 0.3) is 0 Å². The number of hydrogen-bond donors (Lipinski definition) is 3. The van der Waals surface area contributed by atoms with Crippen molar-refractivity contribution < 1.29 is 18.3 Å². The van der Waals surface area contributed by atoms with Crippen LogP contribution in [0.3, 0.4) is 0 Å². The van der Waals surface area contributed by atoms with E-state index in [4.69, 9.17) is 10.5 Å². The van der Waals surface area contributed by atoms with E-state index in [0.29, 0.717) is 17.9 Å². The number of methoxy groups -OCH3 is 1. The van der Waals surface area contributed by atoms with Gasteiger partial charge in [-0.1, -0.05) is 6.92 Å². The Morgan fingerprint density at radius 1 is 1.47 bits per heavy atom. The second-order valence-electron chi connectivity index (χ2n) is 4.58. The van der Waals surface area contributed by atoms with E-state index in [0.717, 1.165) is 0 Å². The van der Waals surface area contributed by atoms with E-state index < -0.39 is 15.6 Å². The molecule has 1 unspecified atom stereocenters. The molecule has 0 spiro atoms. The number of rotatable bonds is 6. The summed E-state index contributed by atoms with van der Waals surface area (Å²) in [5.41, 5.74) is 5.11. The van der Waals surface area contributed by atoms with Crippen molar-refractivity contribution in [3.05, 3.63) is 18.2 Å². The lowest BCUT2D eigenvalue weighted by molar-refractivity contribution is 0.191. The fourth-order valence-electron chi connectivity index (χ4n) is 1.46. The first kappa shape index (κ1) is 15.7. The quantitative estimate of drug-likeness (QED) is 0.669. The molecule has 0 fully saturated rings. The zero-order valence-corrected chi connectivity index (χ0v) is 12.1. The van der Waals surface area contributed by atoms with Gasteiger partial charge in [0.15, 0.2) is 0 Å². The highest BCUT2D eigenvalue weighted by atomic mass is 32.2. The average molecular weight is 288 g/mol. The molecule has 1 atom stereocenters. The SMILES string of the molecule is CCC(C)(CO)NS(=O)(=O)c1ccc(N)c(OC)c1. The minimum absolute atomic E-state index is 0.0478. The van der Waals surface area contributed by atoms with Gasteiger partial charge in [-0.2, -0.15) is 0 Å². The van der Waals surface area contributed by atoms with Gasteiger partial charge in [-0.25, -0.2) is 13.1 Å². The summed E-state index contributed by atoms with van der Waals surface area (Å²) >= 11 is 0. The summed E-state index contributed by atoms with van der Waals surface area (Å²) < 4.78 is 31.9. The van der Waals surface area contributed by atoms with Crippen LogP contribution in [-0.4, -0.2) is 32.8 Å². The van der Waals surface area contributed by atoms with Crippen molar-refractivity contribution in [3.63, 3.8) is 0 Å². The summed E-state index contributed by atoms with van der Waals surface area (Å²) in [6.07, 6.45) is 0.467. The van der Waals surface area contributed by atoms with Crippen LogP contribution in [0.4, 0.5) is 5.69 Å². The van der Waals surface area contributed by atoms with Crippen LogP contribution in [-0.2, 0) is 10.0 Å². The highest BCUT2D eigenvalue weighted by molar-refractivity contribution is 7.89. The van der Waals surface area contributed by atoms with Gasteiger partial charge in [-0.05, 0) is 25.5 Å². The zero-order chi connectivity index (χ0) is 14.7. The first-order chi connectivity index (χ1) is 8.78. The van der Waals surface area contributed by atoms with Gasteiger partial charge in [0.2, 0.25) is 10.0 Å². The summed E-state index contributed by atoms with van der Waals surface area (Å²) in [7, 11) is -2.32. The van der Waals surface area contributed by atoms with E-state index >= 15 is 0 Å². The van der Waals surface area contributed by atoms with E-state index in [1.165, 1.54) is 25.3 Å². The van der Waals surface area contributed by atoms with E-state index in [2.05, 4.69) is 4.72 Å². The molecule has 19 heavy (non-hydrogen) atoms. The molecule has 6 nitrogen and oxygen atoms in total. The molecule has 1 rings (SSSR count). The van der Waals surface area contributed by atoms with Gasteiger partial charge in [-0.15, -0.1) is 0 Å². The van der Waals surface area contributed by atoms with E-state index in [1.54, 1.807) is 13.8 Å². The van der Waals surface area contributed by atoms with Crippen molar-refractivity contribution in [2.24, 2.45) is 0 Å². The molecular formula is C12H20N2O4S. The first-order valence-electron chi connectivity index (χ1n) is 5.86. The fraction of sp³-hybridized carbons (Fsp3) is 0.500. The molecule has 0 saturated carbocycles. The Kier molecular flexibility index (Phi) is 4.78. The number of nitrogen functional groups attached to an aromatic ring is 1. The predicted octanol–water partition coefficient (Wildman–Crippen LogP) is 0.717. The zero-order valence-electron chi connectivity index (χ0n) is 11.3. The Hall–Kier alpha value is -1.31. The lowest BCUT2D eigenvalue weighted by Crippen LogP contribution is -2.48. The summed E-state index contributed by atoms with van der Waals surface area (Å²) in [5.74, 6) is 0.296. The molecule has 4 N–H and O–H groups in total. The maximum atomic E-state index is 12.2. The van der Waals surface area contributed by atoms with Crippen molar-refractivity contribution in [2.75, 3.05) is 19.5 Å². The van der Waals surface area contributed by atoms with Gasteiger partial charge in [-0.3, -0.25) is 0 Å². The number of nitrogens with one attached hydrogen (secondary N) is 1. The standard InChI is InChI=1S/C12H20N2O4S/c1-4-12(2,8-15)14-19(16,17)9-5-6-10(13)11(7-9)18-3/h5-7,14-15H,4,8,13H2,1-3H3. The monoisotopic (exact) mass is 288 g/mol. The summed E-state index contributed by atoms with van der Waals surface area (Å²) in [6.45, 7) is 3.15. The topological polar surface area (TPSA) is 102 Å². The molecule has 0 bridgehead atoms. The van der Waals surface area contributed by atoms with Crippen LogP contribution >= 0.6 is 0 Å². The molecule has 0 aliphatic rings. The van der Waals surface area contributed by atoms with Crippen LogP contribution in [0.15, 0.2) is 23.1 Å². The Morgan fingerprint density at radius 2 is 2.11 bits per heavy atom. The molecule has 1 aromatic carbocycles. The maximum Gasteiger partial charge on any atom is 0.241 e. The minimum atomic E-state index is -3.74. The van der Waals surface area contributed by atoms with Gasteiger partial charge in [0, 0.05) is 6.07 Å². The summed E-state index contributed by atoms with van der Waals surface area (Å²) in [5, 5.41) is 9.27. The molecular weight excluding hydrogens is 268 g/mol. The van der Waals surface area contributed by atoms with Gasteiger partial charge < -0.3 is 15.6 Å². The van der Waals surface area contributed by atoms with Crippen molar-refractivity contribution in [3.8, 4) is 5.75 Å². The normalized spacial score (nSPS) is 14.9. The molecule has 108 valence electrons. The molecule has 1 aromatic rings.